The lowest BCUT2D eigenvalue weighted by Crippen LogP contribution is -1.97. The highest BCUT2D eigenvalue weighted by Gasteiger charge is 2.04. The van der Waals surface area contributed by atoms with Crippen LogP contribution in [0.2, 0.25) is 0 Å². The summed E-state index contributed by atoms with van der Waals surface area (Å²) in [5, 5.41) is 0.344. The Morgan fingerprint density at radius 3 is 2.80 bits per heavy atom. The number of hydrogen-bond acceptors (Lipinski definition) is 4. The van der Waals surface area contributed by atoms with Gasteiger partial charge in [0, 0.05) is 30.4 Å². The Morgan fingerprint density at radius 1 is 1.27 bits per heavy atom. The Morgan fingerprint density at radius 2 is 2.13 bits per heavy atom. The van der Waals surface area contributed by atoms with Crippen LogP contribution in [0, 0.1) is 0 Å². The largest absolute Gasteiger partial charge is 0.264 e. The fourth-order valence-corrected chi connectivity index (χ4v) is 1.59. The summed E-state index contributed by atoms with van der Waals surface area (Å²) in [5.74, 6) is 0. The average Bonchev–Trinajstić information content (AvgIpc) is 2.30. The molecule has 15 heavy (non-hydrogen) atoms. The van der Waals surface area contributed by atoms with E-state index >= 15 is 0 Å². The number of aromatic nitrogens is 3. The van der Waals surface area contributed by atoms with E-state index in [-0.39, 0.29) is 0 Å². The molecule has 0 radical (unpaired) electrons. The molecule has 2 rings (SSSR count). The maximum absolute atomic E-state index is 11.2. The lowest BCUT2D eigenvalue weighted by molar-refractivity contribution is 0.680. The van der Waals surface area contributed by atoms with E-state index in [0.29, 0.717) is 5.16 Å². The maximum atomic E-state index is 11.2. The Hall–Kier alpha value is -1.62. The summed E-state index contributed by atoms with van der Waals surface area (Å²) in [6.07, 6.45) is 6.57. The third-order valence-corrected chi connectivity index (χ3v) is 2.56. The number of pyridine rings is 1. The monoisotopic (exact) mass is 219 g/mol. The van der Waals surface area contributed by atoms with Crippen molar-refractivity contribution < 1.29 is 4.21 Å². The Kier molecular flexibility index (Phi) is 2.82. The van der Waals surface area contributed by atoms with E-state index in [9.17, 15) is 4.21 Å². The molecule has 4 nitrogen and oxygen atoms in total. The predicted molar refractivity (Wildman–Crippen MR) is 57.6 cm³/mol. The molecule has 2 aromatic heterocycles. The zero-order valence-corrected chi connectivity index (χ0v) is 8.94. The normalized spacial score (nSPS) is 12.3. The van der Waals surface area contributed by atoms with E-state index in [4.69, 9.17) is 0 Å². The second-order valence-electron chi connectivity index (χ2n) is 2.92. The summed E-state index contributed by atoms with van der Waals surface area (Å²) in [4.78, 5) is 12.1. The van der Waals surface area contributed by atoms with E-state index in [1.165, 1.54) is 0 Å². The van der Waals surface area contributed by atoms with Crippen molar-refractivity contribution in [3.05, 3.63) is 36.8 Å². The van der Waals surface area contributed by atoms with Crippen molar-refractivity contribution >= 4 is 10.8 Å². The van der Waals surface area contributed by atoms with E-state index in [2.05, 4.69) is 15.0 Å². The minimum absolute atomic E-state index is 0.344. The second kappa shape index (κ2) is 4.27. The highest BCUT2D eigenvalue weighted by Crippen LogP contribution is 2.14. The molecule has 0 N–H and O–H groups in total. The second-order valence-corrected chi connectivity index (χ2v) is 4.19. The van der Waals surface area contributed by atoms with Crippen LogP contribution in [0.5, 0.6) is 0 Å². The van der Waals surface area contributed by atoms with Crippen molar-refractivity contribution in [2.75, 3.05) is 6.26 Å². The molecular formula is C10H9N3OS. The first-order valence-corrected chi connectivity index (χ1v) is 5.90. The molecule has 0 aliphatic heterocycles. The first kappa shape index (κ1) is 9.92. The van der Waals surface area contributed by atoms with Crippen LogP contribution in [0.15, 0.2) is 41.9 Å². The molecule has 0 aromatic carbocycles. The van der Waals surface area contributed by atoms with Crippen molar-refractivity contribution in [3.63, 3.8) is 0 Å². The van der Waals surface area contributed by atoms with Crippen molar-refractivity contribution in [1.29, 1.82) is 0 Å². The van der Waals surface area contributed by atoms with Crippen LogP contribution in [-0.2, 0) is 10.8 Å². The summed E-state index contributed by atoms with van der Waals surface area (Å²) in [6, 6.07) is 5.51. The minimum Gasteiger partial charge on any atom is -0.264 e. The van der Waals surface area contributed by atoms with Gasteiger partial charge in [-0.15, -0.1) is 0 Å². The molecule has 0 spiro atoms. The minimum atomic E-state index is -1.16. The molecule has 1 atom stereocenters. The SMILES string of the molecule is CS(=O)c1nccc(-c2cccnc2)n1. The number of hydrogen-bond donors (Lipinski definition) is 0. The summed E-state index contributed by atoms with van der Waals surface area (Å²) >= 11 is 0. The van der Waals surface area contributed by atoms with Gasteiger partial charge in [0.15, 0.2) is 0 Å². The average molecular weight is 219 g/mol. The molecule has 0 amide bonds. The van der Waals surface area contributed by atoms with Gasteiger partial charge in [-0.1, -0.05) is 0 Å². The molecule has 2 aromatic rings. The lowest BCUT2D eigenvalue weighted by atomic mass is 10.2. The molecular weight excluding hydrogens is 210 g/mol. The fraction of sp³-hybridized carbons (Fsp3) is 0.100. The summed E-state index contributed by atoms with van der Waals surface area (Å²) in [5.41, 5.74) is 1.63. The highest BCUT2D eigenvalue weighted by molar-refractivity contribution is 7.84. The third-order valence-electron chi connectivity index (χ3n) is 1.85. The van der Waals surface area contributed by atoms with Crippen LogP contribution in [0.1, 0.15) is 0 Å². The molecule has 0 fully saturated rings. The molecule has 1 unspecified atom stereocenters. The van der Waals surface area contributed by atoms with Crippen LogP contribution in [0.3, 0.4) is 0 Å². The Balaban J connectivity index is 2.46. The van der Waals surface area contributed by atoms with E-state index in [1.807, 2.05) is 12.1 Å². The standard InChI is InChI=1S/C10H9N3OS/c1-15(14)10-12-6-4-9(13-10)8-3-2-5-11-7-8/h2-7H,1H3. The summed E-state index contributed by atoms with van der Waals surface area (Å²) in [7, 11) is -1.16. The maximum Gasteiger partial charge on any atom is 0.218 e. The molecule has 76 valence electrons. The Labute approximate surface area is 89.9 Å². The molecule has 5 heteroatoms. The lowest BCUT2D eigenvalue weighted by Gasteiger charge is -2.00. The first-order chi connectivity index (χ1) is 7.27. The molecule has 0 aliphatic rings. The molecule has 0 saturated carbocycles. The summed E-state index contributed by atoms with van der Waals surface area (Å²) in [6.45, 7) is 0. The van der Waals surface area contributed by atoms with Gasteiger partial charge < -0.3 is 0 Å². The van der Waals surface area contributed by atoms with Gasteiger partial charge in [-0.2, -0.15) is 0 Å². The van der Waals surface area contributed by atoms with Crippen LogP contribution in [0.4, 0.5) is 0 Å². The number of rotatable bonds is 2. The van der Waals surface area contributed by atoms with Crippen molar-refractivity contribution in [3.8, 4) is 11.3 Å². The van der Waals surface area contributed by atoms with Gasteiger partial charge in [-0.3, -0.25) is 9.19 Å². The Bertz CT molecular complexity index is 487. The molecule has 0 aliphatic carbocycles. The van der Waals surface area contributed by atoms with Gasteiger partial charge in [0.1, 0.15) is 0 Å². The van der Waals surface area contributed by atoms with Gasteiger partial charge in [0.05, 0.1) is 16.5 Å². The highest BCUT2D eigenvalue weighted by atomic mass is 32.2. The van der Waals surface area contributed by atoms with Crippen LogP contribution >= 0.6 is 0 Å². The van der Waals surface area contributed by atoms with Gasteiger partial charge in [-0.25, -0.2) is 9.97 Å². The quantitative estimate of drug-likeness (QED) is 0.714. The smallest absolute Gasteiger partial charge is 0.218 e. The van der Waals surface area contributed by atoms with Gasteiger partial charge >= 0.3 is 0 Å². The van der Waals surface area contributed by atoms with Gasteiger partial charge in [0.2, 0.25) is 5.16 Å². The van der Waals surface area contributed by atoms with Crippen LogP contribution < -0.4 is 0 Å². The topological polar surface area (TPSA) is 55.7 Å². The van der Waals surface area contributed by atoms with E-state index < -0.39 is 10.8 Å². The molecule has 0 saturated heterocycles. The summed E-state index contributed by atoms with van der Waals surface area (Å²) < 4.78 is 11.2. The predicted octanol–water partition coefficient (Wildman–Crippen LogP) is 1.28. The van der Waals surface area contributed by atoms with E-state index in [0.717, 1.165) is 11.3 Å². The van der Waals surface area contributed by atoms with Crippen molar-refractivity contribution in [1.82, 2.24) is 15.0 Å². The molecule has 0 bridgehead atoms. The third kappa shape index (κ3) is 2.24. The zero-order chi connectivity index (χ0) is 10.7. The van der Waals surface area contributed by atoms with E-state index in [1.54, 1.807) is 30.9 Å². The van der Waals surface area contributed by atoms with Crippen LogP contribution in [-0.4, -0.2) is 25.4 Å². The fourth-order valence-electron chi connectivity index (χ4n) is 1.15. The first-order valence-electron chi connectivity index (χ1n) is 4.34. The van der Waals surface area contributed by atoms with Gasteiger partial charge in [-0.05, 0) is 18.2 Å². The van der Waals surface area contributed by atoms with Crippen LogP contribution in [0.25, 0.3) is 11.3 Å². The number of nitrogens with zero attached hydrogens (tertiary/aromatic N) is 3. The van der Waals surface area contributed by atoms with Crippen molar-refractivity contribution in [2.24, 2.45) is 0 Å². The molecule has 2 heterocycles. The zero-order valence-electron chi connectivity index (χ0n) is 8.12. The van der Waals surface area contributed by atoms with Crippen molar-refractivity contribution in [2.45, 2.75) is 5.16 Å². The van der Waals surface area contributed by atoms with Gasteiger partial charge in [0.25, 0.3) is 0 Å².